The van der Waals surface area contributed by atoms with Gasteiger partial charge in [0, 0.05) is 12.8 Å². The van der Waals surface area contributed by atoms with Crippen molar-refractivity contribution in [3.8, 4) is 0 Å². The van der Waals surface area contributed by atoms with Crippen LogP contribution in [-0.2, 0) is 14.6 Å². The number of rotatable bonds is 9. The molecule has 1 unspecified atom stereocenters. The maximum atomic E-state index is 13.3. The second-order valence-corrected chi connectivity index (χ2v) is 8.68. The van der Waals surface area contributed by atoms with Gasteiger partial charge in [-0.15, -0.1) is 0 Å². The van der Waals surface area contributed by atoms with E-state index in [4.69, 9.17) is 0 Å². The normalized spacial score (nSPS) is 17.1. The maximum absolute atomic E-state index is 13.3. The Bertz CT molecular complexity index is 713. The van der Waals surface area contributed by atoms with Crippen LogP contribution in [-0.4, -0.2) is 54.9 Å². The van der Waals surface area contributed by atoms with Gasteiger partial charge in [-0.3, -0.25) is 4.79 Å². The number of hydrogen-bond acceptors (Lipinski definition) is 3. The molecule has 0 rings (SSSR count). The monoisotopic (exact) mass is 479 g/mol. The molecule has 0 aromatic rings. The van der Waals surface area contributed by atoms with Crippen LogP contribution in [0, 0.1) is 0 Å². The zero-order valence-corrected chi connectivity index (χ0v) is 14.9. The van der Waals surface area contributed by atoms with E-state index in [1.54, 1.807) is 0 Å². The molecule has 0 spiro atoms. The first-order valence-corrected chi connectivity index (χ1v) is 8.80. The number of carbonyl (C=O) groups is 1. The molecule has 0 aromatic heterocycles. The van der Waals surface area contributed by atoms with Gasteiger partial charge in [0.25, 0.3) is 0 Å². The molecule has 17 heteroatoms. The van der Waals surface area contributed by atoms with Crippen LogP contribution in [0.1, 0.15) is 26.2 Å². The largest absolute Gasteiger partial charge is 0.459 e. The van der Waals surface area contributed by atoms with E-state index < -0.39 is 75.6 Å². The van der Waals surface area contributed by atoms with Crippen LogP contribution in [0.3, 0.4) is 0 Å². The van der Waals surface area contributed by atoms with Crippen LogP contribution in [0.25, 0.3) is 0 Å². The van der Waals surface area contributed by atoms with Gasteiger partial charge in [-0.05, 0) is 13.3 Å². The molecule has 0 fully saturated rings. The zero-order valence-electron chi connectivity index (χ0n) is 14.1. The lowest BCUT2D eigenvalue weighted by Crippen LogP contribution is -2.55. The van der Waals surface area contributed by atoms with Crippen LogP contribution >= 0.6 is 0 Å². The zero-order chi connectivity index (χ0) is 23.9. The third kappa shape index (κ3) is 5.39. The summed E-state index contributed by atoms with van der Waals surface area (Å²) in [5.74, 6) is -22.5. The van der Waals surface area contributed by atoms with Gasteiger partial charge in [-0.25, -0.2) is 8.42 Å². The molecule has 29 heavy (non-hydrogen) atoms. The number of carbonyl (C=O) groups excluding carboxylic acids is 1. The maximum Gasteiger partial charge on any atom is 0.459 e. The van der Waals surface area contributed by atoms with Crippen LogP contribution in [0.5, 0.6) is 0 Å². The Morgan fingerprint density at radius 2 is 1.14 bits per heavy atom. The number of sulfone groups is 1. The van der Waals surface area contributed by atoms with Gasteiger partial charge in [0.05, 0.1) is 5.75 Å². The van der Waals surface area contributed by atoms with Crippen LogP contribution in [0.15, 0.2) is 0 Å². The first-order valence-electron chi connectivity index (χ1n) is 7.15. The van der Waals surface area contributed by atoms with Crippen molar-refractivity contribution in [2.24, 2.45) is 5.73 Å². The van der Waals surface area contributed by atoms with Crippen molar-refractivity contribution in [1.29, 1.82) is 0 Å². The molecular formula is C12H13F12NO3S. The van der Waals surface area contributed by atoms with Gasteiger partial charge in [-0.2, -0.15) is 52.7 Å². The topological polar surface area (TPSA) is 77.2 Å². The minimum absolute atomic E-state index is 0.137. The Morgan fingerprint density at radius 3 is 1.45 bits per heavy atom. The lowest BCUT2D eigenvalue weighted by Gasteiger charge is -2.32. The fraction of sp³-hybridized carbons (Fsp3) is 0.917. The van der Waals surface area contributed by atoms with Crippen molar-refractivity contribution in [3.63, 3.8) is 0 Å². The molecule has 0 saturated carbocycles. The second-order valence-electron chi connectivity index (χ2n) is 6.14. The van der Waals surface area contributed by atoms with Gasteiger partial charge < -0.3 is 5.73 Å². The molecule has 4 nitrogen and oxygen atoms in total. The van der Waals surface area contributed by atoms with Gasteiger partial charge in [0.15, 0.2) is 9.84 Å². The average Bonchev–Trinajstić information content (AvgIpc) is 2.48. The number of halogens is 12. The molecule has 0 bridgehead atoms. The molecule has 0 aliphatic rings. The molecule has 0 aromatic carbocycles. The van der Waals surface area contributed by atoms with E-state index in [-0.39, 0.29) is 6.92 Å². The Morgan fingerprint density at radius 1 is 0.724 bits per heavy atom. The van der Waals surface area contributed by atoms with Gasteiger partial charge in [-0.1, -0.05) is 0 Å². The molecular weight excluding hydrogens is 466 g/mol. The fourth-order valence-electron chi connectivity index (χ4n) is 1.82. The third-order valence-corrected chi connectivity index (χ3v) is 6.56. The lowest BCUT2D eigenvalue weighted by molar-refractivity contribution is -0.355. The van der Waals surface area contributed by atoms with Crippen LogP contribution in [0.4, 0.5) is 52.7 Å². The summed E-state index contributed by atoms with van der Waals surface area (Å²) >= 11 is 0. The van der Waals surface area contributed by atoms with Crippen molar-refractivity contribution < 1.29 is 65.9 Å². The summed E-state index contributed by atoms with van der Waals surface area (Å²) in [6, 6.07) is 0. The Kier molecular flexibility index (Phi) is 7.31. The summed E-state index contributed by atoms with van der Waals surface area (Å²) in [7, 11) is -5.53. The fourth-order valence-corrected chi connectivity index (χ4v) is 3.52. The number of alkyl halides is 12. The summed E-state index contributed by atoms with van der Waals surface area (Å²) in [5, 5.41) is 0. The Balaban J connectivity index is 5.76. The Labute approximate surface area is 155 Å². The molecule has 0 aliphatic carbocycles. The summed E-state index contributed by atoms with van der Waals surface area (Å²) in [6.45, 7) is 0.137. The van der Waals surface area contributed by atoms with Crippen molar-refractivity contribution in [3.05, 3.63) is 0 Å². The van der Waals surface area contributed by atoms with E-state index in [0.29, 0.717) is 0 Å². The van der Waals surface area contributed by atoms with Crippen molar-refractivity contribution >= 4 is 15.7 Å². The third-order valence-electron chi connectivity index (χ3n) is 4.04. The van der Waals surface area contributed by atoms with Crippen molar-refractivity contribution in [2.75, 3.05) is 5.75 Å². The standard InChI is InChI=1S/C12H13F12NO3S/c1-7(6(25)26,2-3-8(13,14)10(17,18)12(22,23)24)29(27,28)5-4-9(15,16)11(19,20)21/h2-5H2,1H3,(H2,25,26). The highest BCUT2D eigenvalue weighted by Crippen LogP contribution is 2.49. The quantitative estimate of drug-likeness (QED) is 0.511. The lowest BCUT2D eigenvalue weighted by atomic mass is 9.97. The van der Waals surface area contributed by atoms with E-state index in [0.717, 1.165) is 0 Å². The average molecular weight is 479 g/mol. The van der Waals surface area contributed by atoms with E-state index >= 15 is 0 Å². The first kappa shape index (κ1) is 27.6. The molecule has 1 atom stereocenters. The van der Waals surface area contributed by atoms with E-state index in [1.165, 1.54) is 0 Å². The predicted molar refractivity (Wildman–Crippen MR) is 72.2 cm³/mol. The van der Waals surface area contributed by atoms with Crippen LogP contribution in [0.2, 0.25) is 0 Å². The Hall–Kier alpha value is -1.42. The molecule has 0 saturated heterocycles. The highest BCUT2D eigenvalue weighted by molar-refractivity contribution is 7.93. The summed E-state index contributed by atoms with van der Waals surface area (Å²) in [5.41, 5.74) is 4.62. The molecule has 0 heterocycles. The summed E-state index contributed by atoms with van der Waals surface area (Å²) < 4.78 is 171. The summed E-state index contributed by atoms with van der Waals surface area (Å²) in [4.78, 5) is 11.3. The predicted octanol–water partition coefficient (Wildman–Crippen LogP) is 3.85. The summed E-state index contributed by atoms with van der Waals surface area (Å²) in [6.07, 6.45) is -20.1. The second kappa shape index (κ2) is 7.68. The van der Waals surface area contributed by atoms with Gasteiger partial charge in [0.2, 0.25) is 5.91 Å². The van der Waals surface area contributed by atoms with Gasteiger partial charge in [0.1, 0.15) is 4.75 Å². The molecule has 0 aliphatic heterocycles. The SMILES string of the molecule is CC(CCC(F)(F)C(F)(F)C(F)(F)F)(C(N)=O)S(=O)(=O)CCC(F)(F)C(F)(F)F. The van der Waals surface area contributed by atoms with E-state index in [2.05, 4.69) is 5.73 Å². The number of hydrogen-bond donors (Lipinski definition) is 1. The van der Waals surface area contributed by atoms with Crippen LogP contribution < -0.4 is 5.73 Å². The van der Waals surface area contributed by atoms with E-state index in [1.807, 2.05) is 0 Å². The highest BCUT2D eigenvalue weighted by atomic mass is 32.2. The minimum atomic E-state index is -6.77. The minimum Gasteiger partial charge on any atom is -0.368 e. The van der Waals surface area contributed by atoms with Crippen molar-refractivity contribution in [2.45, 2.75) is 61.1 Å². The van der Waals surface area contributed by atoms with E-state index in [9.17, 15) is 65.9 Å². The smallest absolute Gasteiger partial charge is 0.368 e. The molecule has 0 radical (unpaired) electrons. The van der Waals surface area contributed by atoms with Gasteiger partial charge >= 0.3 is 30.1 Å². The number of primary amides is 1. The molecule has 1 amide bonds. The van der Waals surface area contributed by atoms with Crippen molar-refractivity contribution in [1.82, 2.24) is 0 Å². The number of nitrogens with two attached hydrogens (primary N) is 1. The highest BCUT2D eigenvalue weighted by Gasteiger charge is 2.72. The molecule has 2 N–H and O–H groups in total. The number of amides is 1. The molecule has 174 valence electrons. The first-order chi connectivity index (χ1) is 12.4.